The maximum Gasteiger partial charge on any atom is 0.312 e. The second kappa shape index (κ2) is 8.83. The number of benzene rings is 2. The molecular weight excluding hydrogens is 420 g/mol. The second-order valence-electron chi connectivity index (χ2n) is 7.94. The molecule has 10 nitrogen and oxygen atoms in total. The molecule has 3 rings (SSSR count). The summed E-state index contributed by atoms with van der Waals surface area (Å²) in [7, 11) is 1.09. The zero-order valence-electron chi connectivity index (χ0n) is 17.4. The van der Waals surface area contributed by atoms with Gasteiger partial charge >= 0.3 is 5.97 Å². The summed E-state index contributed by atoms with van der Waals surface area (Å²) in [5, 5.41) is 35.6. The van der Waals surface area contributed by atoms with Crippen LogP contribution in [0.4, 0.5) is 5.69 Å². The van der Waals surface area contributed by atoms with Crippen LogP contribution in [0.15, 0.2) is 54.6 Å². The fourth-order valence-corrected chi connectivity index (χ4v) is 4.94. The van der Waals surface area contributed by atoms with E-state index in [4.69, 9.17) is 4.74 Å². The second-order valence-corrected chi connectivity index (χ2v) is 7.94. The monoisotopic (exact) mass is 442 g/mol. The number of nitrogens with zero attached hydrogens (tertiary/aromatic N) is 2. The van der Waals surface area contributed by atoms with E-state index in [1.807, 2.05) is 0 Å². The van der Waals surface area contributed by atoms with Crippen LogP contribution >= 0.6 is 0 Å². The van der Waals surface area contributed by atoms with Gasteiger partial charge in [0.1, 0.15) is 6.29 Å². The lowest BCUT2D eigenvalue weighted by atomic mass is 9.55. The van der Waals surface area contributed by atoms with Gasteiger partial charge in [0.2, 0.25) is 6.04 Å². The summed E-state index contributed by atoms with van der Waals surface area (Å²) < 4.78 is 4.86. The molecule has 2 aromatic carbocycles. The van der Waals surface area contributed by atoms with Gasteiger partial charge in [-0.2, -0.15) is 0 Å². The summed E-state index contributed by atoms with van der Waals surface area (Å²) in [4.78, 5) is 47.8. The average Bonchev–Trinajstić information content (AvgIpc) is 2.77. The number of carbonyl (C=O) groups excluding carboxylic acids is 2. The van der Waals surface area contributed by atoms with Gasteiger partial charge in [0.15, 0.2) is 0 Å². The van der Waals surface area contributed by atoms with Crippen LogP contribution in [0.2, 0.25) is 0 Å². The topological polar surface area (TPSA) is 150 Å². The number of aliphatic hydroxyl groups is 1. The first kappa shape index (κ1) is 23.0. The van der Waals surface area contributed by atoms with Crippen molar-refractivity contribution in [2.24, 2.45) is 11.8 Å². The number of aldehydes is 1. The van der Waals surface area contributed by atoms with E-state index in [1.165, 1.54) is 31.2 Å². The van der Waals surface area contributed by atoms with Crippen molar-refractivity contribution in [2.75, 3.05) is 7.11 Å². The zero-order chi connectivity index (χ0) is 23.6. The van der Waals surface area contributed by atoms with Crippen LogP contribution in [0.5, 0.6) is 0 Å². The lowest BCUT2D eigenvalue weighted by Crippen LogP contribution is -2.61. The molecule has 6 atom stereocenters. The first-order valence-electron chi connectivity index (χ1n) is 9.84. The van der Waals surface area contributed by atoms with E-state index in [1.54, 1.807) is 30.3 Å². The predicted molar refractivity (Wildman–Crippen MR) is 111 cm³/mol. The molecule has 0 bridgehead atoms. The summed E-state index contributed by atoms with van der Waals surface area (Å²) >= 11 is 0. The third-order valence-electron chi connectivity index (χ3n) is 6.31. The normalized spacial score (nSPS) is 29.7. The number of hydrogen-bond donors (Lipinski definition) is 1. The standard InChI is InChI=1S/C22H22N2O8/c1-22(27)15(12-25)18(14-10-6-7-11-16(14)23(28)29)20(24(30)31)17(19(22)21(26)32-2)13-8-4-3-5-9-13/h3-12,15,17-20,27H,1-2H3/t15-,17+,18-,19-,20+,22-/m1/s1. The predicted octanol–water partition coefficient (Wildman–Crippen LogP) is 2.48. The molecule has 0 saturated heterocycles. The van der Waals surface area contributed by atoms with Crippen molar-refractivity contribution in [1.82, 2.24) is 0 Å². The van der Waals surface area contributed by atoms with Crippen LogP contribution in [0.3, 0.4) is 0 Å². The Bertz CT molecular complexity index is 1040. The number of esters is 1. The van der Waals surface area contributed by atoms with Crippen molar-refractivity contribution in [3.8, 4) is 0 Å². The van der Waals surface area contributed by atoms with Gasteiger partial charge in [-0.25, -0.2) is 0 Å². The smallest absolute Gasteiger partial charge is 0.312 e. The fourth-order valence-electron chi connectivity index (χ4n) is 4.94. The molecule has 0 spiro atoms. The van der Waals surface area contributed by atoms with Gasteiger partial charge in [-0.05, 0) is 12.5 Å². The highest BCUT2D eigenvalue weighted by Crippen LogP contribution is 2.54. The van der Waals surface area contributed by atoms with Crippen LogP contribution in [0, 0.1) is 32.1 Å². The molecule has 0 aliphatic heterocycles. The van der Waals surface area contributed by atoms with E-state index in [-0.39, 0.29) is 5.56 Å². The van der Waals surface area contributed by atoms with Crippen LogP contribution < -0.4 is 0 Å². The number of methoxy groups -OCH3 is 1. The maximum atomic E-state index is 12.8. The highest BCUT2D eigenvalue weighted by Gasteiger charge is 2.65. The molecule has 1 saturated carbocycles. The number of rotatable bonds is 6. The number of hydrogen-bond acceptors (Lipinski definition) is 8. The van der Waals surface area contributed by atoms with Crippen molar-refractivity contribution in [3.63, 3.8) is 0 Å². The minimum atomic E-state index is -2.09. The summed E-state index contributed by atoms with van der Waals surface area (Å²) in [6.07, 6.45) is 0.328. The highest BCUT2D eigenvalue weighted by atomic mass is 16.6. The number of para-hydroxylation sites is 1. The maximum absolute atomic E-state index is 12.8. The molecule has 1 N–H and O–H groups in total. The minimum absolute atomic E-state index is 0.0548. The molecule has 0 amide bonds. The lowest BCUT2D eigenvalue weighted by molar-refractivity contribution is -0.539. The Morgan fingerprint density at radius 2 is 1.66 bits per heavy atom. The Morgan fingerprint density at radius 1 is 1.06 bits per heavy atom. The third-order valence-corrected chi connectivity index (χ3v) is 6.31. The van der Waals surface area contributed by atoms with Crippen molar-refractivity contribution in [3.05, 3.63) is 86.0 Å². The summed E-state index contributed by atoms with van der Waals surface area (Å²) in [5.41, 5.74) is -2.18. The van der Waals surface area contributed by atoms with Crippen LogP contribution in [-0.4, -0.2) is 46.0 Å². The molecule has 32 heavy (non-hydrogen) atoms. The summed E-state index contributed by atoms with van der Waals surface area (Å²) in [6.45, 7) is 1.24. The number of nitro groups is 2. The Morgan fingerprint density at radius 3 is 2.19 bits per heavy atom. The van der Waals surface area contributed by atoms with Gasteiger partial charge in [0.05, 0.1) is 41.3 Å². The molecular formula is C22H22N2O8. The van der Waals surface area contributed by atoms with Gasteiger partial charge in [-0.15, -0.1) is 0 Å². The van der Waals surface area contributed by atoms with Crippen molar-refractivity contribution < 1.29 is 29.3 Å². The quantitative estimate of drug-likeness (QED) is 0.310. The summed E-state index contributed by atoms with van der Waals surface area (Å²) in [6, 6.07) is 11.9. The van der Waals surface area contributed by atoms with Gasteiger partial charge in [-0.3, -0.25) is 25.0 Å². The zero-order valence-corrected chi connectivity index (χ0v) is 17.4. The third kappa shape index (κ3) is 3.73. The van der Waals surface area contributed by atoms with E-state index in [0.29, 0.717) is 11.8 Å². The van der Waals surface area contributed by atoms with E-state index < -0.39 is 56.8 Å². The average molecular weight is 442 g/mol. The van der Waals surface area contributed by atoms with E-state index in [9.17, 15) is 34.9 Å². The Labute approximate surface area is 183 Å². The fraction of sp³-hybridized carbons (Fsp3) is 0.364. The van der Waals surface area contributed by atoms with E-state index in [0.717, 1.165) is 7.11 Å². The first-order valence-corrected chi connectivity index (χ1v) is 9.84. The molecule has 0 aromatic heterocycles. The molecule has 168 valence electrons. The number of nitro benzene ring substituents is 1. The molecule has 1 aliphatic rings. The highest BCUT2D eigenvalue weighted by molar-refractivity contribution is 5.78. The van der Waals surface area contributed by atoms with E-state index >= 15 is 0 Å². The van der Waals surface area contributed by atoms with E-state index in [2.05, 4.69) is 0 Å². The minimum Gasteiger partial charge on any atom is -0.469 e. The first-order chi connectivity index (χ1) is 15.2. The van der Waals surface area contributed by atoms with Gasteiger partial charge in [0.25, 0.3) is 5.69 Å². The molecule has 2 aromatic rings. The van der Waals surface area contributed by atoms with Gasteiger partial charge in [0, 0.05) is 16.6 Å². The molecule has 0 unspecified atom stereocenters. The molecule has 1 fully saturated rings. The summed E-state index contributed by atoms with van der Waals surface area (Å²) in [5.74, 6) is -6.44. The Hall–Kier alpha value is -3.66. The van der Waals surface area contributed by atoms with Crippen molar-refractivity contribution in [2.45, 2.75) is 30.4 Å². The van der Waals surface area contributed by atoms with Crippen molar-refractivity contribution in [1.29, 1.82) is 0 Å². The lowest BCUT2D eigenvalue weighted by Gasteiger charge is -2.49. The Balaban J connectivity index is 2.37. The SMILES string of the molecule is COC(=O)[C@H]1[C@H](c2ccccc2)[C@H]([N+](=O)[O-])[C@H](c2ccccc2[N+](=O)[O-])[C@@H](C=O)[C@@]1(C)O. The molecule has 0 heterocycles. The van der Waals surface area contributed by atoms with Crippen LogP contribution in [0.1, 0.15) is 29.9 Å². The van der Waals surface area contributed by atoms with Crippen LogP contribution in [-0.2, 0) is 14.3 Å². The van der Waals surface area contributed by atoms with Gasteiger partial charge < -0.3 is 14.6 Å². The number of ether oxygens (including phenoxy) is 1. The molecule has 10 heteroatoms. The largest absolute Gasteiger partial charge is 0.469 e. The molecule has 1 aliphatic carbocycles. The van der Waals surface area contributed by atoms with Crippen molar-refractivity contribution >= 4 is 17.9 Å². The van der Waals surface area contributed by atoms with Crippen LogP contribution in [0.25, 0.3) is 0 Å². The number of carbonyl (C=O) groups is 2. The molecule has 0 radical (unpaired) electrons. The van der Waals surface area contributed by atoms with Gasteiger partial charge in [-0.1, -0.05) is 48.5 Å². The Kier molecular flexibility index (Phi) is 6.35.